The number of hydrogen-bond donors (Lipinski definition) is 0. The predicted molar refractivity (Wildman–Crippen MR) is 102 cm³/mol. The van der Waals surface area contributed by atoms with Gasteiger partial charge >= 0.3 is 5.97 Å². The third kappa shape index (κ3) is 2.58. The molecular weight excluding hydrogens is 354 g/mol. The summed E-state index contributed by atoms with van der Waals surface area (Å²) in [4.78, 5) is 39.2. The number of amides is 2. The fraction of sp³-hybridized carbons (Fsp3) is 0.261. The Morgan fingerprint density at radius 3 is 2.11 bits per heavy atom. The van der Waals surface area contributed by atoms with Gasteiger partial charge in [0.25, 0.3) is 0 Å². The Morgan fingerprint density at radius 1 is 0.893 bits per heavy atom. The summed E-state index contributed by atoms with van der Waals surface area (Å²) in [6, 6.07) is 15.9. The summed E-state index contributed by atoms with van der Waals surface area (Å²) < 4.78 is 5.32. The van der Waals surface area contributed by atoms with Crippen LogP contribution in [0, 0.1) is 23.7 Å². The van der Waals surface area contributed by atoms with Gasteiger partial charge in [-0.2, -0.15) is 0 Å². The maximum atomic E-state index is 12.8. The number of rotatable bonds is 4. The van der Waals surface area contributed by atoms with Crippen LogP contribution < -0.4 is 4.90 Å². The smallest absolute Gasteiger partial charge is 0.338 e. The van der Waals surface area contributed by atoms with Crippen LogP contribution in [0.2, 0.25) is 0 Å². The Hall–Kier alpha value is -3.21. The second kappa shape index (κ2) is 6.44. The lowest BCUT2D eigenvalue weighted by atomic mass is 9.85. The molecule has 1 heterocycles. The third-order valence-corrected chi connectivity index (χ3v) is 6.04. The van der Waals surface area contributed by atoms with Gasteiger partial charge in [0.15, 0.2) is 0 Å². The summed E-state index contributed by atoms with van der Waals surface area (Å²) in [7, 11) is 0. The largest absolute Gasteiger partial charge is 0.457 e. The van der Waals surface area contributed by atoms with Crippen LogP contribution in [-0.4, -0.2) is 17.8 Å². The normalized spacial score (nSPS) is 27.4. The maximum absolute atomic E-state index is 12.8. The van der Waals surface area contributed by atoms with Crippen molar-refractivity contribution in [1.82, 2.24) is 0 Å². The fourth-order valence-electron chi connectivity index (χ4n) is 4.71. The third-order valence-electron chi connectivity index (χ3n) is 6.04. The number of hydrogen-bond acceptors (Lipinski definition) is 4. The van der Waals surface area contributed by atoms with Crippen LogP contribution in [0.1, 0.15) is 22.3 Å². The second-order valence-corrected chi connectivity index (χ2v) is 7.62. The van der Waals surface area contributed by atoms with Crippen molar-refractivity contribution in [2.75, 3.05) is 4.90 Å². The minimum absolute atomic E-state index is 0.119. The molecule has 0 spiro atoms. The van der Waals surface area contributed by atoms with E-state index >= 15 is 0 Å². The van der Waals surface area contributed by atoms with E-state index in [0.717, 1.165) is 12.0 Å². The number of fused-ring (bicyclic) bond motifs is 5. The molecule has 140 valence electrons. The first kappa shape index (κ1) is 16.9. The summed E-state index contributed by atoms with van der Waals surface area (Å²) in [6.45, 7) is 0.198. The van der Waals surface area contributed by atoms with Gasteiger partial charge in [0.2, 0.25) is 11.8 Å². The highest BCUT2D eigenvalue weighted by atomic mass is 16.5. The van der Waals surface area contributed by atoms with E-state index in [0.29, 0.717) is 11.3 Å². The molecule has 1 aliphatic heterocycles. The summed E-state index contributed by atoms with van der Waals surface area (Å²) in [5, 5.41) is 0. The van der Waals surface area contributed by atoms with Crippen molar-refractivity contribution < 1.29 is 19.1 Å². The molecule has 4 atom stereocenters. The van der Waals surface area contributed by atoms with Gasteiger partial charge in [-0.05, 0) is 48.1 Å². The lowest BCUT2D eigenvalue weighted by Crippen LogP contribution is -2.32. The summed E-state index contributed by atoms with van der Waals surface area (Å²) in [6.07, 6.45) is 5.06. The Balaban J connectivity index is 1.30. The van der Waals surface area contributed by atoms with Gasteiger partial charge in [0.1, 0.15) is 6.61 Å². The number of carbonyl (C=O) groups excluding carboxylic acids is 3. The van der Waals surface area contributed by atoms with Gasteiger partial charge in [0, 0.05) is 0 Å². The molecule has 2 aliphatic carbocycles. The number of nitrogens with zero attached hydrogens (tertiary/aromatic N) is 1. The highest BCUT2D eigenvalue weighted by Gasteiger charge is 2.59. The first-order chi connectivity index (χ1) is 13.6. The molecule has 2 fully saturated rings. The van der Waals surface area contributed by atoms with Gasteiger partial charge < -0.3 is 4.74 Å². The Labute approximate surface area is 162 Å². The number of carbonyl (C=O) groups is 3. The predicted octanol–water partition coefficient (Wildman–Crippen LogP) is 3.36. The van der Waals surface area contributed by atoms with Gasteiger partial charge in [-0.1, -0.05) is 42.5 Å². The highest BCUT2D eigenvalue weighted by molar-refractivity contribution is 6.22. The zero-order valence-corrected chi connectivity index (χ0v) is 15.2. The number of allylic oxidation sites excluding steroid dienone is 2. The average molecular weight is 373 g/mol. The lowest BCUT2D eigenvalue weighted by Gasteiger charge is -2.17. The van der Waals surface area contributed by atoms with E-state index in [9.17, 15) is 14.4 Å². The van der Waals surface area contributed by atoms with Crippen LogP contribution in [0.3, 0.4) is 0 Å². The number of anilines is 1. The molecular formula is C23H19NO4. The fourth-order valence-corrected chi connectivity index (χ4v) is 4.71. The minimum atomic E-state index is -0.436. The van der Waals surface area contributed by atoms with Crippen LogP contribution in [-0.2, 0) is 20.9 Å². The van der Waals surface area contributed by atoms with Crippen molar-refractivity contribution >= 4 is 23.5 Å². The molecule has 0 aromatic heterocycles. The number of benzene rings is 2. The molecule has 2 aromatic rings. The molecule has 5 nitrogen and oxygen atoms in total. The first-order valence-corrected chi connectivity index (χ1v) is 9.51. The van der Waals surface area contributed by atoms with E-state index in [-0.39, 0.29) is 42.1 Å². The van der Waals surface area contributed by atoms with Crippen molar-refractivity contribution in [3.8, 4) is 0 Å². The van der Waals surface area contributed by atoms with Crippen molar-refractivity contribution in [2.24, 2.45) is 23.7 Å². The summed E-state index contributed by atoms with van der Waals surface area (Å²) in [5.41, 5.74) is 1.82. The van der Waals surface area contributed by atoms with Crippen LogP contribution >= 0.6 is 0 Å². The molecule has 1 saturated heterocycles. The van der Waals surface area contributed by atoms with E-state index in [1.54, 1.807) is 24.3 Å². The van der Waals surface area contributed by atoms with E-state index in [1.807, 2.05) is 30.3 Å². The van der Waals surface area contributed by atoms with Gasteiger partial charge in [-0.25, -0.2) is 4.79 Å². The van der Waals surface area contributed by atoms with Crippen molar-refractivity contribution in [3.63, 3.8) is 0 Å². The van der Waals surface area contributed by atoms with Crippen LogP contribution in [0.4, 0.5) is 5.69 Å². The standard InChI is InChI=1S/C23H19NO4/c25-21-19-16-6-7-17(12-16)20(19)22(26)24(21)18-10-8-15(9-11-18)23(27)28-13-14-4-2-1-3-5-14/h1-11,16-17,19-20H,12-13H2/t16-,17+,19-,20+. The van der Waals surface area contributed by atoms with Crippen LogP contribution in [0.5, 0.6) is 0 Å². The zero-order chi connectivity index (χ0) is 19.3. The van der Waals surface area contributed by atoms with E-state index in [4.69, 9.17) is 4.74 Å². The molecule has 2 amide bonds. The summed E-state index contributed by atoms with van der Waals surface area (Å²) in [5.74, 6) is -0.755. The van der Waals surface area contributed by atoms with Crippen molar-refractivity contribution in [2.45, 2.75) is 13.0 Å². The minimum Gasteiger partial charge on any atom is -0.457 e. The molecule has 3 aliphatic rings. The van der Waals surface area contributed by atoms with E-state index < -0.39 is 5.97 Å². The molecule has 0 unspecified atom stereocenters. The Morgan fingerprint density at radius 2 is 1.50 bits per heavy atom. The first-order valence-electron chi connectivity index (χ1n) is 9.51. The molecule has 0 radical (unpaired) electrons. The van der Waals surface area contributed by atoms with E-state index in [1.165, 1.54) is 4.90 Å². The Kier molecular flexibility index (Phi) is 3.90. The number of esters is 1. The number of imide groups is 1. The molecule has 28 heavy (non-hydrogen) atoms. The lowest BCUT2D eigenvalue weighted by molar-refractivity contribution is -0.123. The van der Waals surface area contributed by atoms with Crippen molar-refractivity contribution in [3.05, 3.63) is 77.9 Å². The molecule has 0 N–H and O–H groups in total. The molecule has 2 bridgehead atoms. The highest BCUT2D eigenvalue weighted by Crippen LogP contribution is 2.53. The van der Waals surface area contributed by atoms with Gasteiger partial charge in [-0.15, -0.1) is 0 Å². The van der Waals surface area contributed by atoms with Gasteiger partial charge in [0.05, 0.1) is 23.1 Å². The molecule has 1 saturated carbocycles. The Bertz CT molecular complexity index is 949. The molecule has 5 heteroatoms. The maximum Gasteiger partial charge on any atom is 0.338 e. The van der Waals surface area contributed by atoms with Gasteiger partial charge in [-0.3, -0.25) is 14.5 Å². The molecule has 5 rings (SSSR count). The van der Waals surface area contributed by atoms with Crippen LogP contribution in [0.25, 0.3) is 0 Å². The average Bonchev–Trinajstić information content (AvgIpc) is 3.41. The monoisotopic (exact) mass is 373 g/mol. The quantitative estimate of drug-likeness (QED) is 0.468. The number of ether oxygens (including phenoxy) is 1. The van der Waals surface area contributed by atoms with E-state index in [2.05, 4.69) is 12.2 Å². The topological polar surface area (TPSA) is 63.7 Å². The molecule has 2 aromatic carbocycles. The van der Waals surface area contributed by atoms with Crippen LogP contribution in [0.15, 0.2) is 66.7 Å². The summed E-state index contributed by atoms with van der Waals surface area (Å²) >= 11 is 0. The van der Waals surface area contributed by atoms with Crippen molar-refractivity contribution in [1.29, 1.82) is 0 Å². The second-order valence-electron chi connectivity index (χ2n) is 7.62. The SMILES string of the molecule is O=C(OCc1ccccc1)c1ccc(N2C(=O)[C@@H]3[C@H](C2=O)[C@@H]2C=C[C@H]3C2)cc1. The zero-order valence-electron chi connectivity index (χ0n) is 15.2.